The molecule has 0 aliphatic carbocycles. The molecule has 0 saturated carbocycles. The largest absolute Gasteiger partial charge is 0.466 e. The maximum absolute atomic E-state index is 9.87. The van der Waals surface area contributed by atoms with Gasteiger partial charge in [-0.2, -0.15) is 0 Å². The highest BCUT2D eigenvalue weighted by Crippen LogP contribution is 2.21. The summed E-state index contributed by atoms with van der Waals surface area (Å²) >= 11 is 6.39. The minimum atomic E-state index is -0.0265. The van der Waals surface area contributed by atoms with Gasteiger partial charge in [0.25, 0.3) is 0 Å². The number of hydrogen-bond donors (Lipinski definition) is 1. The summed E-state index contributed by atoms with van der Waals surface area (Å²) in [6.45, 7) is 4.73. The topological polar surface area (TPSA) is 51.2 Å². The Morgan fingerprint density at radius 1 is 1.25 bits per heavy atom. The maximum Gasteiger partial charge on any atom is 0.109 e. The maximum atomic E-state index is 9.87. The third-order valence-electron chi connectivity index (χ3n) is 4.76. The molecule has 0 aliphatic rings. The van der Waals surface area contributed by atoms with E-state index in [0.29, 0.717) is 13.0 Å². The Labute approximate surface area is 171 Å². The molecule has 0 atom stereocenters. The summed E-state index contributed by atoms with van der Waals surface area (Å²) in [5, 5.41) is 10.6. The van der Waals surface area contributed by atoms with Gasteiger partial charge in [0, 0.05) is 17.9 Å². The lowest BCUT2D eigenvalue weighted by atomic mass is 10.1. The van der Waals surface area contributed by atoms with Gasteiger partial charge in [0.2, 0.25) is 0 Å². The lowest BCUT2D eigenvalue weighted by Gasteiger charge is -2.12. The van der Waals surface area contributed by atoms with Gasteiger partial charge in [-0.3, -0.25) is 0 Å². The zero-order valence-corrected chi connectivity index (χ0v) is 17.2. The van der Waals surface area contributed by atoms with Crippen molar-refractivity contribution in [2.24, 2.45) is 0 Å². The number of hydrogen-bond acceptors (Lipinski definition) is 3. The predicted octanol–water partition coefficient (Wildman–Crippen LogP) is 5.45. The number of aliphatic hydroxyl groups excluding tert-OH is 1. The van der Waals surface area contributed by atoms with Crippen LogP contribution < -0.4 is 0 Å². The van der Waals surface area contributed by atoms with Crippen LogP contribution in [0, 0.1) is 6.92 Å². The Bertz CT molecular complexity index is 940. The Hall–Kier alpha value is -2.30. The van der Waals surface area contributed by atoms with Crippen LogP contribution in [0.2, 0.25) is 5.02 Å². The number of imidazole rings is 1. The highest BCUT2D eigenvalue weighted by Gasteiger charge is 2.12. The van der Waals surface area contributed by atoms with Gasteiger partial charge in [-0.1, -0.05) is 43.1 Å². The van der Waals surface area contributed by atoms with Crippen LogP contribution in [0.1, 0.15) is 48.4 Å². The first kappa shape index (κ1) is 20.4. The Balaban J connectivity index is 1.92. The second kappa shape index (κ2) is 9.76. The van der Waals surface area contributed by atoms with E-state index in [-0.39, 0.29) is 6.61 Å². The first-order valence-electron chi connectivity index (χ1n) is 9.74. The zero-order chi connectivity index (χ0) is 19.9. The van der Waals surface area contributed by atoms with Crippen molar-refractivity contribution >= 4 is 17.7 Å². The summed E-state index contributed by atoms with van der Waals surface area (Å²) in [7, 11) is 0. The standard InChI is InChI=1S/C23H27ClN2O2/c1-3-4-9-23-25-14-20(26(23)15-19-7-5-6-8-22(19)24)12-18(16-27)13-21-11-10-17(2)28-21/h5-8,10-12,14,27H,3-4,9,13,15-16H2,1-2H3. The summed E-state index contributed by atoms with van der Waals surface area (Å²) in [4.78, 5) is 4.65. The summed E-state index contributed by atoms with van der Waals surface area (Å²) < 4.78 is 7.86. The number of rotatable bonds is 9. The fourth-order valence-corrected chi connectivity index (χ4v) is 3.42. The normalized spacial score (nSPS) is 11.9. The van der Waals surface area contributed by atoms with Crippen LogP contribution in [0.5, 0.6) is 0 Å². The SMILES string of the molecule is CCCCc1ncc(C=C(CO)Cc2ccc(C)o2)n1Cc1ccccc1Cl. The molecule has 2 aromatic heterocycles. The molecule has 3 aromatic rings. The van der Waals surface area contributed by atoms with Crippen molar-refractivity contribution in [3.63, 3.8) is 0 Å². The Morgan fingerprint density at radius 3 is 2.75 bits per heavy atom. The smallest absolute Gasteiger partial charge is 0.109 e. The second-order valence-electron chi connectivity index (χ2n) is 7.03. The van der Waals surface area contributed by atoms with Crippen LogP contribution in [0.4, 0.5) is 0 Å². The average Bonchev–Trinajstić information content (AvgIpc) is 3.27. The van der Waals surface area contributed by atoms with E-state index in [4.69, 9.17) is 16.0 Å². The molecule has 2 heterocycles. The summed E-state index contributed by atoms with van der Waals surface area (Å²) in [5.74, 6) is 2.76. The van der Waals surface area contributed by atoms with Gasteiger partial charge >= 0.3 is 0 Å². The number of unbranched alkanes of at least 4 members (excludes halogenated alkanes) is 1. The van der Waals surface area contributed by atoms with Crippen LogP contribution in [-0.4, -0.2) is 21.3 Å². The molecular formula is C23H27ClN2O2. The lowest BCUT2D eigenvalue weighted by Crippen LogP contribution is -2.08. The van der Waals surface area contributed by atoms with Crippen molar-refractivity contribution in [2.75, 3.05) is 6.61 Å². The van der Waals surface area contributed by atoms with E-state index >= 15 is 0 Å². The highest BCUT2D eigenvalue weighted by atomic mass is 35.5. The van der Waals surface area contributed by atoms with E-state index in [9.17, 15) is 5.11 Å². The predicted molar refractivity (Wildman–Crippen MR) is 114 cm³/mol. The molecule has 0 saturated heterocycles. The molecule has 28 heavy (non-hydrogen) atoms. The Kier molecular flexibility index (Phi) is 7.12. The van der Waals surface area contributed by atoms with Crippen molar-refractivity contribution in [1.29, 1.82) is 0 Å². The molecular weight excluding hydrogens is 372 g/mol. The summed E-state index contributed by atoms with van der Waals surface area (Å²) in [6, 6.07) is 11.8. The summed E-state index contributed by atoms with van der Waals surface area (Å²) in [5.41, 5.74) is 2.91. The fraction of sp³-hybridized carbons (Fsp3) is 0.348. The first-order valence-corrected chi connectivity index (χ1v) is 10.1. The molecule has 0 unspecified atom stereocenters. The molecule has 3 rings (SSSR count). The molecule has 0 radical (unpaired) electrons. The van der Waals surface area contributed by atoms with Crippen LogP contribution in [0.15, 0.2) is 52.6 Å². The third-order valence-corrected chi connectivity index (χ3v) is 5.13. The molecule has 1 aromatic carbocycles. The quantitative estimate of drug-likeness (QED) is 0.521. The van der Waals surface area contributed by atoms with Crippen LogP contribution >= 0.6 is 11.6 Å². The van der Waals surface area contributed by atoms with Gasteiger partial charge in [-0.05, 0) is 48.8 Å². The lowest BCUT2D eigenvalue weighted by molar-refractivity contribution is 0.327. The molecule has 0 amide bonds. The van der Waals surface area contributed by atoms with Crippen molar-refractivity contribution in [2.45, 2.75) is 46.1 Å². The average molecular weight is 399 g/mol. The number of furan rings is 1. The van der Waals surface area contributed by atoms with Crippen molar-refractivity contribution in [1.82, 2.24) is 9.55 Å². The van der Waals surface area contributed by atoms with Gasteiger partial charge in [0.15, 0.2) is 0 Å². The third kappa shape index (κ3) is 5.15. The van der Waals surface area contributed by atoms with Crippen LogP contribution in [0.3, 0.4) is 0 Å². The van der Waals surface area contributed by atoms with E-state index < -0.39 is 0 Å². The second-order valence-corrected chi connectivity index (χ2v) is 7.44. The molecule has 4 nitrogen and oxygen atoms in total. The van der Waals surface area contributed by atoms with E-state index in [1.54, 1.807) is 0 Å². The molecule has 148 valence electrons. The van der Waals surface area contributed by atoms with Crippen molar-refractivity contribution in [3.05, 3.63) is 81.8 Å². The van der Waals surface area contributed by atoms with Gasteiger partial charge < -0.3 is 14.1 Å². The monoisotopic (exact) mass is 398 g/mol. The van der Waals surface area contributed by atoms with Gasteiger partial charge in [-0.25, -0.2) is 4.98 Å². The molecule has 5 heteroatoms. The van der Waals surface area contributed by atoms with E-state index in [2.05, 4.69) is 16.5 Å². The number of nitrogens with zero attached hydrogens (tertiary/aromatic N) is 2. The van der Waals surface area contributed by atoms with E-state index in [1.807, 2.05) is 55.6 Å². The summed E-state index contributed by atoms with van der Waals surface area (Å²) in [6.07, 6.45) is 7.58. The highest BCUT2D eigenvalue weighted by molar-refractivity contribution is 6.31. The van der Waals surface area contributed by atoms with E-state index in [0.717, 1.165) is 58.5 Å². The number of aliphatic hydroxyl groups is 1. The van der Waals surface area contributed by atoms with Crippen molar-refractivity contribution < 1.29 is 9.52 Å². The number of aromatic nitrogens is 2. The minimum Gasteiger partial charge on any atom is -0.466 e. The molecule has 0 bridgehead atoms. The minimum absolute atomic E-state index is 0.0265. The first-order chi connectivity index (χ1) is 13.6. The van der Waals surface area contributed by atoms with Crippen LogP contribution in [0.25, 0.3) is 6.08 Å². The van der Waals surface area contributed by atoms with Crippen LogP contribution in [-0.2, 0) is 19.4 Å². The number of benzene rings is 1. The fourth-order valence-electron chi connectivity index (χ4n) is 3.22. The van der Waals surface area contributed by atoms with Crippen molar-refractivity contribution in [3.8, 4) is 0 Å². The molecule has 0 fully saturated rings. The number of aryl methyl sites for hydroxylation is 2. The van der Waals surface area contributed by atoms with Gasteiger partial charge in [0.05, 0.1) is 25.0 Å². The van der Waals surface area contributed by atoms with Gasteiger partial charge in [0.1, 0.15) is 17.3 Å². The number of halogens is 1. The van der Waals surface area contributed by atoms with E-state index in [1.165, 1.54) is 0 Å². The van der Waals surface area contributed by atoms with Gasteiger partial charge in [-0.15, -0.1) is 0 Å². The molecule has 0 spiro atoms. The Morgan fingerprint density at radius 2 is 2.07 bits per heavy atom. The molecule has 0 aliphatic heterocycles. The molecule has 1 N–H and O–H groups in total. The zero-order valence-electron chi connectivity index (χ0n) is 16.5.